The maximum atomic E-state index is 6.29. The van der Waals surface area contributed by atoms with E-state index in [-0.39, 0.29) is 33.2 Å². The highest BCUT2D eigenvalue weighted by atomic mass is 32.1. The Labute approximate surface area is 878 Å². The second kappa shape index (κ2) is 34.6. The zero-order valence-corrected chi connectivity index (χ0v) is 89.8. The van der Waals surface area contributed by atoms with E-state index in [2.05, 4.69) is 515 Å². The normalized spacial score (nSPS) is 12.7. The predicted octanol–water partition coefficient (Wildman–Crippen LogP) is 40.8. The van der Waals surface area contributed by atoms with E-state index < -0.39 is 0 Å². The SMILES string of the molecule is CC(C)(C)n1c2ccccc2c2c3oc4ccccc4c3ccc21.CC(C)(C)n1c2ccccc2c2c3sc4ccccc4c3ccc21.CC(C)(C)n1c2ccccc2c2cc3c(cc21)c1ccccc1n3-c1ccccc1.CC(C)(C)n1c2ccccc2c2cc3c(cc21)oc1ccccc13.CC(C)(C)n1c2ccccc2c2cc3oc4ccccc4c3cc21.CC(C)(C)n1c2ccccc2c2cc3sc4ccccc4c3cc21. The molecule has 0 amide bonds. The summed E-state index contributed by atoms with van der Waals surface area (Å²) in [5, 5.41) is 30.9. The molecular formula is C138H119N7O3S2. The van der Waals surface area contributed by atoms with Crippen LogP contribution in [0, 0.1) is 0 Å². The zero-order valence-electron chi connectivity index (χ0n) is 88.2. The van der Waals surface area contributed by atoms with E-state index in [0.29, 0.717) is 0 Å². The van der Waals surface area contributed by atoms with Gasteiger partial charge in [-0.1, -0.05) is 243 Å². The smallest absolute Gasteiger partial charge is 0.145 e. The molecule has 12 heterocycles. The molecule has 10 nitrogen and oxygen atoms in total. The van der Waals surface area contributed by atoms with E-state index in [1.807, 2.05) is 59.1 Å². The minimum Gasteiger partial charge on any atom is -0.456 e. The molecular weight excluding hydrogens is 1870 g/mol. The van der Waals surface area contributed by atoms with E-state index in [1.165, 1.54) is 231 Å². The average molecular weight is 1990 g/mol. The maximum Gasteiger partial charge on any atom is 0.145 e. The lowest BCUT2D eigenvalue weighted by Crippen LogP contribution is -2.21. The first-order valence-electron chi connectivity index (χ1n) is 52.5. The molecule has 12 aromatic heterocycles. The number of fused-ring (bicyclic) bond motifs is 38. The molecule has 0 atom stereocenters. The number of hydrogen-bond donors (Lipinski definition) is 0. The number of para-hydroxylation sites is 11. The highest BCUT2D eigenvalue weighted by Crippen LogP contribution is 2.51. The van der Waals surface area contributed by atoms with Crippen molar-refractivity contribution in [2.45, 2.75) is 158 Å². The fourth-order valence-electron chi connectivity index (χ4n) is 24.7. The molecule has 0 bridgehead atoms. The van der Waals surface area contributed by atoms with Crippen molar-refractivity contribution in [3.63, 3.8) is 0 Å². The molecule has 0 fully saturated rings. The monoisotopic (exact) mass is 1990 g/mol. The quantitative estimate of drug-likeness (QED) is 0.164. The Morgan fingerprint density at radius 3 is 0.927 bits per heavy atom. The fourth-order valence-corrected chi connectivity index (χ4v) is 27.0. The molecule has 0 saturated carbocycles. The van der Waals surface area contributed by atoms with Crippen LogP contribution in [0.15, 0.2) is 408 Å². The van der Waals surface area contributed by atoms with Gasteiger partial charge in [0.15, 0.2) is 0 Å². The maximum absolute atomic E-state index is 6.29. The summed E-state index contributed by atoms with van der Waals surface area (Å²) < 4.78 is 41.2. The van der Waals surface area contributed by atoms with E-state index in [9.17, 15) is 0 Å². The molecule has 0 N–H and O–H groups in total. The Morgan fingerprint density at radius 2 is 0.453 bits per heavy atom. The number of benzene rings is 19. The van der Waals surface area contributed by atoms with Crippen molar-refractivity contribution < 1.29 is 13.3 Å². The van der Waals surface area contributed by atoms with Crippen LogP contribution in [0.2, 0.25) is 0 Å². The summed E-state index contributed by atoms with van der Waals surface area (Å²) >= 11 is 3.81. The second-order valence-electron chi connectivity index (χ2n) is 46.5. The van der Waals surface area contributed by atoms with Gasteiger partial charge in [0, 0.05) is 221 Å². The average Bonchev–Trinajstić information content (AvgIpc) is 1.69. The standard InChI is InChI=1S/C28H24N2.3C22H19NO.2C22H19NS/c1-28(2,3)30-25-16-10-8-14-21(25)23-17-26-22(18-27(23)30)20-13-7-9-15-24(20)29(26)19-11-5-4-6-12-19;1-22(2,3)23-17-10-6-4-9-16(17)20-18(23)13-12-15-14-8-5-7-11-19(14)24-21(15)20;1-22(2,3)23-18-10-6-4-8-14(18)16-13-21-17(12-19(16)23)15-9-5-7-11-20(15)24-21;1-22(2,3)23-18-10-6-4-8-14(18)16-12-17-15-9-5-7-11-20(15)24-21(17)13-19(16)23;1-22(2,3)23-17-10-6-4-9-16(17)20-18(23)13-12-15-14-8-5-7-11-19(14)24-21(15)20;1-22(2,3)23-18-10-6-4-8-14(18)16-13-21-17(12-19(16)23)15-9-5-7-11-20(15)24-21/h4-18H,1-3H3;5*4-13H,1-3H3. The Bertz CT molecular complexity index is 10400. The molecule has 0 unspecified atom stereocenters. The van der Waals surface area contributed by atoms with Crippen LogP contribution in [-0.4, -0.2) is 32.0 Å². The zero-order chi connectivity index (χ0) is 103. The summed E-state index contributed by atoms with van der Waals surface area (Å²) in [6, 6.07) is 142. The van der Waals surface area contributed by atoms with Crippen molar-refractivity contribution in [3.05, 3.63) is 394 Å². The second-order valence-corrected chi connectivity index (χ2v) is 48.6. The third-order valence-corrected chi connectivity index (χ3v) is 32.7. The molecule has 0 saturated heterocycles. The van der Waals surface area contributed by atoms with Gasteiger partial charge >= 0.3 is 0 Å². The number of rotatable bonds is 1. The van der Waals surface area contributed by atoms with Crippen molar-refractivity contribution in [1.29, 1.82) is 0 Å². The van der Waals surface area contributed by atoms with Crippen LogP contribution in [-0.2, 0) is 33.2 Å². The highest BCUT2D eigenvalue weighted by molar-refractivity contribution is 7.27. The molecule has 0 aliphatic rings. The van der Waals surface area contributed by atoms with Gasteiger partial charge in [0.2, 0.25) is 0 Å². The van der Waals surface area contributed by atoms with Crippen LogP contribution < -0.4 is 0 Å². The van der Waals surface area contributed by atoms with Crippen molar-refractivity contribution in [1.82, 2.24) is 32.0 Å². The number of furan rings is 3. The van der Waals surface area contributed by atoms with Gasteiger partial charge in [0.1, 0.15) is 33.5 Å². The molecule has 0 aliphatic carbocycles. The first-order valence-corrected chi connectivity index (χ1v) is 54.1. The molecule has 0 radical (unpaired) electrons. The van der Waals surface area contributed by atoms with Gasteiger partial charge in [-0.3, -0.25) is 0 Å². The van der Waals surface area contributed by atoms with Crippen LogP contribution in [0.4, 0.5) is 0 Å². The Hall–Kier alpha value is -16.4. The molecule has 150 heavy (non-hydrogen) atoms. The third kappa shape index (κ3) is 15.1. The summed E-state index contributed by atoms with van der Waals surface area (Å²) in [6.45, 7) is 40.9. The first-order chi connectivity index (χ1) is 72.3. The van der Waals surface area contributed by atoms with E-state index in [0.717, 1.165) is 33.5 Å². The van der Waals surface area contributed by atoms with Gasteiger partial charge in [-0.25, -0.2) is 0 Å². The third-order valence-electron chi connectivity index (χ3n) is 30.4. The van der Waals surface area contributed by atoms with Crippen LogP contribution in [0.5, 0.6) is 0 Å². The number of hydrogen-bond acceptors (Lipinski definition) is 5. The number of aromatic nitrogens is 7. The predicted molar refractivity (Wildman–Crippen MR) is 649 cm³/mol. The summed E-state index contributed by atoms with van der Waals surface area (Å²) in [4.78, 5) is 0. The van der Waals surface area contributed by atoms with Gasteiger partial charge < -0.3 is 45.2 Å². The highest BCUT2D eigenvalue weighted by Gasteiger charge is 2.31. The molecule has 31 aromatic rings. The number of nitrogens with zero attached hydrogens (tertiary/aromatic N) is 7. The van der Waals surface area contributed by atoms with Crippen LogP contribution in [0.3, 0.4) is 0 Å². The van der Waals surface area contributed by atoms with Crippen molar-refractivity contribution >= 4 is 281 Å². The largest absolute Gasteiger partial charge is 0.456 e. The Balaban J connectivity index is 0.0000000909. The minimum atomic E-state index is -0.00711. The molecule has 736 valence electrons. The van der Waals surface area contributed by atoms with Crippen molar-refractivity contribution in [3.8, 4) is 5.69 Å². The molecule has 31 rings (SSSR count). The minimum absolute atomic E-state index is 0.00104. The van der Waals surface area contributed by atoms with Crippen LogP contribution >= 0.6 is 22.7 Å². The molecule has 0 aliphatic heterocycles. The van der Waals surface area contributed by atoms with E-state index in [4.69, 9.17) is 13.3 Å². The summed E-state index contributed by atoms with van der Waals surface area (Å²) in [7, 11) is 0. The summed E-state index contributed by atoms with van der Waals surface area (Å²) in [5.41, 5.74) is 25.0. The lowest BCUT2D eigenvalue weighted by molar-refractivity contribution is 0.423. The Kier molecular flexibility index (Phi) is 21.6. The lowest BCUT2D eigenvalue weighted by Gasteiger charge is -2.24. The molecule has 12 heteroatoms. The fraction of sp³-hybridized carbons (Fsp3) is 0.174. The van der Waals surface area contributed by atoms with Crippen molar-refractivity contribution in [2.75, 3.05) is 0 Å². The van der Waals surface area contributed by atoms with E-state index in [1.54, 1.807) is 0 Å². The molecule has 19 aromatic carbocycles. The lowest BCUT2D eigenvalue weighted by atomic mass is 10.1. The van der Waals surface area contributed by atoms with Gasteiger partial charge in [-0.05, 0) is 270 Å². The first kappa shape index (κ1) is 93.4. The van der Waals surface area contributed by atoms with Gasteiger partial charge in [-0.15, -0.1) is 22.7 Å². The van der Waals surface area contributed by atoms with Gasteiger partial charge in [-0.2, -0.15) is 0 Å². The topological polar surface area (TPSA) is 73.9 Å². The van der Waals surface area contributed by atoms with E-state index >= 15 is 0 Å². The van der Waals surface area contributed by atoms with Gasteiger partial charge in [0.05, 0.1) is 49.5 Å². The Morgan fingerprint density at radius 1 is 0.160 bits per heavy atom. The summed E-state index contributed by atoms with van der Waals surface area (Å²) in [6.07, 6.45) is 0. The number of thiophene rings is 2. The van der Waals surface area contributed by atoms with Gasteiger partial charge in [0.25, 0.3) is 0 Å². The van der Waals surface area contributed by atoms with Crippen LogP contribution in [0.1, 0.15) is 125 Å². The van der Waals surface area contributed by atoms with Crippen molar-refractivity contribution in [2.24, 2.45) is 0 Å². The molecule has 0 spiro atoms. The summed E-state index contributed by atoms with van der Waals surface area (Å²) in [5.74, 6) is 0. The van der Waals surface area contributed by atoms with Crippen LogP contribution in [0.25, 0.3) is 264 Å².